The van der Waals surface area contributed by atoms with Crippen LogP contribution < -0.4 is 0 Å². The van der Waals surface area contributed by atoms with Gasteiger partial charge in [0, 0.05) is 58.7 Å². The second kappa shape index (κ2) is 10.1. The molecule has 0 saturated carbocycles. The number of carbonyl (C=O) groups is 1. The molecule has 1 amide bonds. The highest BCUT2D eigenvalue weighted by atomic mass is 127. The molecule has 1 atom stereocenters. The highest BCUT2D eigenvalue weighted by Crippen LogP contribution is 2.19. The van der Waals surface area contributed by atoms with Gasteiger partial charge in [-0.2, -0.15) is 5.10 Å². The zero-order chi connectivity index (χ0) is 21.8. The Balaban J connectivity index is 1.84. The van der Waals surface area contributed by atoms with E-state index >= 15 is 0 Å². The van der Waals surface area contributed by atoms with Gasteiger partial charge in [-0.15, -0.1) is 0 Å². The lowest BCUT2D eigenvalue weighted by atomic mass is 10.1. The van der Waals surface area contributed by atoms with Crippen LogP contribution in [-0.4, -0.2) is 71.6 Å². The van der Waals surface area contributed by atoms with Gasteiger partial charge in [-0.3, -0.25) is 4.90 Å². The van der Waals surface area contributed by atoms with Crippen LogP contribution >= 0.6 is 22.6 Å². The van der Waals surface area contributed by atoms with Crippen LogP contribution in [0.5, 0.6) is 0 Å². The van der Waals surface area contributed by atoms with Gasteiger partial charge < -0.3 is 14.4 Å². The molecule has 1 aliphatic heterocycles. The van der Waals surface area contributed by atoms with E-state index in [1.165, 1.54) is 5.56 Å². The minimum absolute atomic E-state index is 0.121. The Kier molecular flexibility index (Phi) is 8.58. The second-order valence-corrected chi connectivity index (χ2v) is 16.7. The summed E-state index contributed by atoms with van der Waals surface area (Å²) in [6.45, 7) is 19.3. The van der Waals surface area contributed by atoms with Gasteiger partial charge in [-0.05, 0) is 56.3 Å². The van der Waals surface area contributed by atoms with Crippen LogP contribution in [0.4, 0.5) is 4.79 Å². The number of nitrogens with zero attached hydrogens (tertiary/aromatic N) is 4. The molecule has 2 heterocycles. The van der Waals surface area contributed by atoms with Gasteiger partial charge in [0.1, 0.15) is 16.0 Å². The van der Waals surface area contributed by atoms with Gasteiger partial charge in [0.15, 0.2) is 0 Å². The zero-order valence-electron chi connectivity index (χ0n) is 19.0. The molecular formula is C20H37IN4O3Si. The number of amides is 1. The Morgan fingerprint density at radius 1 is 1.31 bits per heavy atom. The van der Waals surface area contributed by atoms with E-state index in [4.69, 9.17) is 9.47 Å². The van der Waals surface area contributed by atoms with Gasteiger partial charge in [0.05, 0.1) is 0 Å². The molecule has 1 fully saturated rings. The largest absolute Gasteiger partial charge is 0.444 e. The van der Waals surface area contributed by atoms with Crippen LogP contribution in [0, 0.1) is 3.70 Å². The molecule has 9 heteroatoms. The van der Waals surface area contributed by atoms with E-state index < -0.39 is 13.7 Å². The van der Waals surface area contributed by atoms with Gasteiger partial charge in [0.25, 0.3) is 0 Å². The molecule has 0 radical (unpaired) electrons. The average molecular weight is 537 g/mol. The lowest BCUT2D eigenvalue weighted by molar-refractivity contribution is 0.000518. The summed E-state index contributed by atoms with van der Waals surface area (Å²) in [5, 5.41) is 4.59. The number of ether oxygens (including phenoxy) is 2. The quantitative estimate of drug-likeness (QED) is 0.297. The summed E-state index contributed by atoms with van der Waals surface area (Å²) in [4.78, 5) is 16.6. The smallest absolute Gasteiger partial charge is 0.410 e. The van der Waals surface area contributed by atoms with E-state index in [0.717, 1.165) is 36.0 Å². The molecule has 0 bridgehead atoms. The molecule has 0 aromatic carbocycles. The second-order valence-electron chi connectivity index (χ2n) is 10.1. The van der Waals surface area contributed by atoms with Gasteiger partial charge in [0.2, 0.25) is 0 Å². The molecular weight excluding hydrogens is 499 g/mol. The van der Waals surface area contributed by atoms with E-state index in [2.05, 4.69) is 65.4 Å². The Labute approximate surface area is 190 Å². The van der Waals surface area contributed by atoms with Crippen LogP contribution in [0.25, 0.3) is 0 Å². The molecule has 1 aromatic heterocycles. The average Bonchev–Trinajstić information content (AvgIpc) is 2.89. The van der Waals surface area contributed by atoms with E-state index in [1.54, 1.807) is 0 Å². The van der Waals surface area contributed by atoms with Gasteiger partial charge >= 0.3 is 6.09 Å². The first kappa shape index (κ1) is 24.6. The molecule has 0 spiro atoms. The third kappa shape index (κ3) is 8.54. The number of rotatable bonds is 7. The molecule has 2 rings (SSSR count). The Morgan fingerprint density at radius 2 is 2.00 bits per heavy atom. The first-order valence-electron chi connectivity index (χ1n) is 10.4. The van der Waals surface area contributed by atoms with Crippen LogP contribution in [-0.2, 0) is 22.7 Å². The maximum atomic E-state index is 12.4. The van der Waals surface area contributed by atoms with Crippen molar-refractivity contribution in [3.63, 3.8) is 0 Å². The normalized spacial score (nSPS) is 18.9. The Hall–Kier alpha value is -0.653. The summed E-state index contributed by atoms with van der Waals surface area (Å²) < 4.78 is 14.2. The maximum Gasteiger partial charge on any atom is 0.410 e. The van der Waals surface area contributed by atoms with E-state index in [0.29, 0.717) is 13.3 Å². The fourth-order valence-corrected chi connectivity index (χ4v) is 4.50. The molecule has 0 aliphatic carbocycles. The van der Waals surface area contributed by atoms with E-state index in [9.17, 15) is 4.79 Å². The fraction of sp³-hybridized carbons (Fsp3) is 0.800. The third-order valence-electron chi connectivity index (χ3n) is 4.74. The van der Waals surface area contributed by atoms with Crippen molar-refractivity contribution in [2.24, 2.45) is 0 Å². The lowest BCUT2D eigenvalue weighted by Crippen LogP contribution is -2.54. The number of carbonyl (C=O) groups excluding carboxylic acids is 1. The topological polar surface area (TPSA) is 59.8 Å². The first-order valence-corrected chi connectivity index (χ1v) is 15.1. The summed E-state index contributed by atoms with van der Waals surface area (Å²) in [6, 6.07) is 1.29. The number of piperazine rings is 1. The van der Waals surface area contributed by atoms with Gasteiger partial charge in [-0.1, -0.05) is 19.6 Å². The zero-order valence-corrected chi connectivity index (χ0v) is 22.2. The maximum absolute atomic E-state index is 12.4. The molecule has 1 saturated heterocycles. The minimum Gasteiger partial charge on any atom is -0.444 e. The summed E-state index contributed by atoms with van der Waals surface area (Å²) in [5.74, 6) is 0. The molecule has 1 aromatic rings. The summed E-state index contributed by atoms with van der Waals surface area (Å²) >= 11 is 2.29. The molecule has 29 heavy (non-hydrogen) atoms. The predicted octanol–water partition coefficient (Wildman–Crippen LogP) is 4.24. The van der Waals surface area contributed by atoms with Gasteiger partial charge in [-0.25, -0.2) is 9.48 Å². The summed E-state index contributed by atoms with van der Waals surface area (Å²) in [5.41, 5.74) is 0.743. The van der Waals surface area contributed by atoms with Crippen LogP contribution in [0.1, 0.15) is 33.3 Å². The highest BCUT2D eigenvalue weighted by molar-refractivity contribution is 14.1. The molecule has 7 nitrogen and oxygen atoms in total. The van der Waals surface area contributed by atoms with Crippen molar-refractivity contribution in [2.45, 2.75) is 78.3 Å². The molecule has 1 aliphatic rings. The monoisotopic (exact) mass is 536 g/mol. The predicted molar refractivity (Wildman–Crippen MR) is 127 cm³/mol. The van der Waals surface area contributed by atoms with Crippen molar-refractivity contribution < 1.29 is 14.3 Å². The van der Waals surface area contributed by atoms with Crippen molar-refractivity contribution in [3.8, 4) is 0 Å². The van der Waals surface area contributed by atoms with Crippen LogP contribution in [0.2, 0.25) is 25.7 Å². The fourth-order valence-electron chi connectivity index (χ4n) is 3.16. The SMILES string of the molecule is C[C@@H]1CN(Cc2cn(COCC[Si](C)(C)C)nc2I)CCN1C(=O)OC(C)(C)C. The summed E-state index contributed by atoms with van der Waals surface area (Å²) in [7, 11) is -1.06. The highest BCUT2D eigenvalue weighted by Gasteiger charge is 2.31. The van der Waals surface area contributed by atoms with E-state index in [1.807, 2.05) is 30.4 Å². The number of halogens is 1. The minimum atomic E-state index is -1.06. The number of hydrogen-bond acceptors (Lipinski definition) is 5. The lowest BCUT2D eigenvalue weighted by Gasteiger charge is -2.40. The van der Waals surface area contributed by atoms with Crippen molar-refractivity contribution in [3.05, 3.63) is 15.5 Å². The number of aromatic nitrogens is 2. The Morgan fingerprint density at radius 3 is 2.59 bits per heavy atom. The standard InChI is InChI=1S/C20H37IN4O3Si/c1-16-12-23(8-9-25(16)19(26)28-20(2,3)4)13-17-14-24(22-18(17)21)15-27-10-11-29(5,6)7/h14,16H,8-13,15H2,1-7H3/t16-/m1/s1. The molecule has 0 N–H and O–H groups in total. The van der Waals surface area contributed by atoms with Crippen molar-refractivity contribution in [1.82, 2.24) is 19.6 Å². The van der Waals surface area contributed by atoms with Crippen molar-refractivity contribution in [2.75, 3.05) is 26.2 Å². The molecule has 166 valence electrons. The van der Waals surface area contributed by atoms with Crippen LogP contribution in [0.15, 0.2) is 6.20 Å². The molecule has 0 unspecified atom stereocenters. The van der Waals surface area contributed by atoms with Crippen molar-refractivity contribution in [1.29, 1.82) is 0 Å². The van der Waals surface area contributed by atoms with Crippen molar-refractivity contribution >= 4 is 36.8 Å². The first-order chi connectivity index (χ1) is 13.3. The summed E-state index contributed by atoms with van der Waals surface area (Å²) in [6.07, 6.45) is 1.86. The van der Waals surface area contributed by atoms with E-state index in [-0.39, 0.29) is 12.1 Å². The Bertz CT molecular complexity index is 684. The number of hydrogen-bond donors (Lipinski definition) is 0. The third-order valence-corrected chi connectivity index (χ3v) is 7.35. The van der Waals surface area contributed by atoms with Crippen LogP contribution in [0.3, 0.4) is 0 Å².